The first-order chi connectivity index (χ1) is 11.7. The van der Waals surface area contributed by atoms with Gasteiger partial charge in [0.2, 0.25) is 10.0 Å². The van der Waals surface area contributed by atoms with Crippen LogP contribution in [0.4, 0.5) is 0 Å². The van der Waals surface area contributed by atoms with Crippen molar-refractivity contribution in [2.75, 3.05) is 12.8 Å². The van der Waals surface area contributed by atoms with Crippen molar-refractivity contribution in [3.8, 4) is 0 Å². The van der Waals surface area contributed by atoms with Crippen LogP contribution in [0.5, 0.6) is 0 Å². The van der Waals surface area contributed by atoms with Crippen molar-refractivity contribution in [2.24, 2.45) is 7.05 Å². The molecule has 8 nitrogen and oxygen atoms in total. The molecule has 2 heterocycles. The Kier molecular flexibility index (Phi) is 5.91. The summed E-state index contributed by atoms with van der Waals surface area (Å²) < 4.78 is 26.4. The third-order valence-electron chi connectivity index (χ3n) is 3.91. The van der Waals surface area contributed by atoms with Crippen LogP contribution in [0.25, 0.3) is 0 Å². The van der Waals surface area contributed by atoms with Crippen molar-refractivity contribution >= 4 is 15.9 Å². The van der Waals surface area contributed by atoms with Gasteiger partial charge >= 0.3 is 0 Å². The number of aromatic nitrogens is 3. The molecule has 0 saturated heterocycles. The van der Waals surface area contributed by atoms with E-state index in [4.69, 9.17) is 0 Å². The van der Waals surface area contributed by atoms with Crippen LogP contribution in [0.2, 0.25) is 0 Å². The van der Waals surface area contributed by atoms with E-state index >= 15 is 0 Å². The molecule has 2 aromatic rings. The van der Waals surface area contributed by atoms with Crippen molar-refractivity contribution in [2.45, 2.75) is 26.8 Å². The molecule has 25 heavy (non-hydrogen) atoms. The number of nitrogens with one attached hydrogen (secondary N) is 2. The van der Waals surface area contributed by atoms with Crippen LogP contribution in [-0.4, -0.2) is 41.9 Å². The minimum atomic E-state index is -3.30. The van der Waals surface area contributed by atoms with Gasteiger partial charge < -0.3 is 5.32 Å². The molecule has 136 valence electrons. The van der Waals surface area contributed by atoms with Gasteiger partial charge in [0, 0.05) is 31.0 Å². The molecule has 9 heteroatoms. The largest absolute Gasteiger partial charge is 0.352 e. The molecule has 0 saturated carbocycles. The highest BCUT2D eigenvalue weighted by Gasteiger charge is 2.11. The fraction of sp³-hybridized carbons (Fsp3) is 0.438. The summed E-state index contributed by atoms with van der Waals surface area (Å²) in [6.45, 7) is 4.49. The number of nitrogens with zero attached hydrogens (tertiary/aromatic N) is 3. The Morgan fingerprint density at radius 2 is 2.04 bits per heavy atom. The molecule has 0 aliphatic rings. The first-order valence-electron chi connectivity index (χ1n) is 7.84. The lowest BCUT2D eigenvalue weighted by Crippen LogP contribution is -2.26. The Morgan fingerprint density at radius 3 is 2.64 bits per heavy atom. The van der Waals surface area contributed by atoms with Crippen molar-refractivity contribution in [3.63, 3.8) is 0 Å². The zero-order chi connectivity index (χ0) is 18.6. The quantitative estimate of drug-likeness (QED) is 0.741. The summed E-state index contributed by atoms with van der Waals surface area (Å²) in [5.74, 6) is -0.220. The van der Waals surface area contributed by atoms with E-state index in [1.807, 2.05) is 25.6 Å². The molecule has 0 radical (unpaired) electrons. The summed E-state index contributed by atoms with van der Waals surface area (Å²) in [6, 6.07) is 3.17. The minimum absolute atomic E-state index is 0.0496. The smallest absolute Gasteiger partial charge is 0.251 e. The summed E-state index contributed by atoms with van der Waals surface area (Å²) in [7, 11) is -1.41. The SMILES string of the molecule is Cc1nn(C)c(C)c1CCNC(=O)c1ccnc(CNS(C)(=O)=O)c1. The highest BCUT2D eigenvalue weighted by atomic mass is 32.2. The van der Waals surface area contributed by atoms with Gasteiger partial charge in [-0.1, -0.05) is 0 Å². The number of rotatable bonds is 7. The third-order valence-corrected chi connectivity index (χ3v) is 4.58. The first kappa shape index (κ1) is 19.1. The van der Waals surface area contributed by atoms with E-state index in [-0.39, 0.29) is 12.5 Å². The molecule has 0 fully saturated rings. The third kappa shape index (κ3) is 5.36. The normalized spacial score (nSPS) is 11.5. The molecule has 0 bridgehead atoms. The average molecular weight is 365 g/mol. The van der Waals surface area contributed by atoms with Crippen LogP contribution >= 0.6 is 0 Å². The van der Waals surface area contributed by atoms with E-state index in [0.717, 1.165) is 23.2 Å². The second-order valence-electron chi connectivity index (χ2n) is 5.91. The van der Waals surface area contributed by atoms with E-state index in [1.54, 1.807) is 12.1 Å². The molecule has 0 aromatic carbocycles. The van der Waals surface area contributed by atoms with Gasteiger partial charge in [0.15, 0.2) is 0 Å². The average Bonchev–Trinajstić information content (AvgIpc) is 2.78. The fourth-order valence-electron chi connectivity index (χ4n) is 2.50. The predicted molar refractivity (Wildman–Crippen MR) is 94.6 cm³/mol. The maximum atomic E-state index is 12.3. The minimum Gasteiger partial charge on any atom is -0.352 e. The van der Waals surface area contributed by atoms with Gasteiger partial charge in [0.05, 0.1) is 24.2 Å². The molecule has 0 unspecified atom stereocenters. The van der Waals surface area contributed by atoms with Crippen molar-refractivity contribution in [3.05, 3.63) is 46.5 Å². The standard InChI is InChI=1S/C16H23N5O3S/c1-11-15(12(2)21(3)20-11)6-8-18-16(22)13-5-7-17-14(9-13)10-19-25(4,23)24/h5,7,9,19H,6,8,10H2,1-4H3,(H,18,22). The number of hydrogen-bond acceptors (Lipinski definition) is 5. The first-order valence-corrected chi connectivity index (χ1v) is 9.73. The summed E-state index contributed by atoms with van der Waals surface area (Å²) in [5.41, 5.74) is 4.12. The summed E-state index contributed by atoms with van der Waals surface area (Å²) in [4.78, 5) is 16.3. The molecule has 2 aromatic heterocycles. The summed E-state index contributed by atoms with van der Waals surface area (Å²) in [5, 5.41) is 7.23. The summed E-state index contributed by atoms with van der Waals surface area (Å²) >= 11 is 0. The number of amides is 1. The topological polar surface area (TPSA) is 106 Å². The van der Waals surface area contributed by atoms with E-state index in [0.29, 0.717) is 24.2 Å². The zero-order valence-electron chi connectivity index (χ0n) is 14.8. The summed E-state index contributed by atoms with van der Waals surface area (Å²) in [6.07, 6.45) is 3.26. The lowest BCUT2D eigenvalue weighted by molar-refractivity contribution is 0.0954. The molecular formula is C16H23N5O3S. The van der Waals surface area contributed by atoms with Gasteiger partial charge in [0.25, 0.3) is 5.91 Å². The van der Waals surface area contributed by atoms with E-state index in [1.165, 1.54) is 6.20 Å². The Bertz CT molecular complexity index is 874. The van der Waals surface area contributed by atoms with Crippen LogP contribution in [0.3, 0.4) is 0 Å². The Balaban J connectivity index is 1.94. The fourth-order valence-corrected chi connectivity index (χ4v) is 2.91. The van der Waals surface area contributed by atoms with Crippen LogP contribution in [0.1, 0.15) is 33.0 Å². The zero-order valence-corrected chi connectivity index (χ0v) is 15.6. The van der Waals surface area contributed by atoms with Gasteiger partial charge in [-0.3, -0.25) is 14.5 Å². The van der Waals surface area contributed by atoms with E-state index in [9.17, 15) is 13.2 Å². The maximum Gasteiger partial charge on any atom is 0.251 e. The molecule has 2 N–H and O–H groups in total. The highest BCUT2D eigenvalue weighted by molar-refractivity contribution is 7.88. The molecule has 0 atom stereocenters. The molecule has 0 aliphatic heterocycles. The number of carbonyl (C=O) groups is 1. The number of sulfonamides is 1. The number of hydrogen-bond donors (Lipinski definition) is 2. The molecular weight excluding hydrogens is 342 g/mol. The van der Waals surface area contributed by atoms with Gasteiger partial charge in [-0.15, -0.1) is 0 Å². The second kappa shape index (κ2) is 7.75. The van der Waals surface area contributed by atoms with Crippen LogP contribution < -0.4 is 10.0 Å². The Labute approximate surface area is 147 Å². The van der Waals surface area contributed by atoms with Gasteiger partial charge in [0.1, 0.15) is 0 Å². The van der Waals surface area contributed by atoms with Gasteiger partial charge in [-0.25, -0.2) is 13.1 Å². The van der Waals surface area contributed by atoms with Crippen molar-refractivity contribution in [1.29, 1.82) is 0 Å². The lowest BCUT2D eigenvalue weighted by Gasteiger charge is -2.07. The predicted octanol–water partition coefficient (Wildman–Crippen LogP) is 0.454. The van der Waals surface area contributed by atoms with Crippen molar-refractivity contribution < 1.29 is 13.2 Å². The van der Waals surface area contributed by atoms with Crippen LogP contribution in [0, 0.1) is 13.8 Å². The number of pyridine rings is 1. The molecule has 0 spiro atoms. The number of aryl methyl sites for hydroxylation is 2. The molecule has 2 rings (SSSR count). The van der Waals surface area contributed by atoms with Crippen LogP contribution in [-0.2, 0) is 30.0 Å². The van der Waals surface area contributed by atoms with Gasteiger partial charge in [-0.2, -0.15) is 5.10 Å². The van der Waals surface area contributed by atoms with E-state index in [2.05, 4.69) is 20.1 Å². The number of carbonyl (C=O) groups excluding carboxylic acids is 1. The van der Waals surface area contributed by atoms with Gasteiger partial charge in [-0.05, 0) is 38.0 Å². The van der Waals surface area contributed by atoms with E-state index < -0.39 is 10.0 Å². The monoisotopic (exact) mass is 365 g/mol. The maximum absolute atomic E-state index is 12.3. The molecule has 0 aliphatic carbocycles. The van der Waals surface area contributed by atoms with Crippen LogP contribution in [0.15, 0.2) is 18.3 Å². The Morgan fingerprint density at radius 1 is 1.32 bits per heavy atom. The highest BCUT2D eigenvalue weighted by Crippen LogP contribution is 2.12. The van der Waals surface area contributed by atoms with Crippen molar-refractivity contribution in [1.82, 2.24) is 24.8 Å². The Hall–Kier alpha value is -2.26. The molecule has 1 amide bonds. The lowest BCUT2D eigenvalue weighted by atomic mass is 10.1. The second-order valence-corrected chi connectivity index (χ2v) is 7.74.